The molecule has 0 atom stereocenters. The Bertz CT molecular complexity index is 943. The van der Waals surface area contributed by atoms with Crippen molar-refractivity contribution in [1.29, 1.82) is 0 Å². The van der Waals surface area contributed by atoms with Gasteiger partial charge in [0.15, 0.2) is 24.7 Å². The number of benzene rings is 1. The summed E-state index contributed by atoms with van der Waals surface area (Å²) in [7, 11) is 0.676. The fraction of sp³-hybridized carbons (Fsp3) is 0.222. The van der Waals surface area contributed by atoms with E-state index in [1.807, 2.05) is 13.0 Å². The van der Waals surface area contributed by atoms with Gasteiger partial charge in [-0.05, 0) is 22.0 Å². The smallest absolute Gasteiger partial charge is 0.343 e. The molecule has 1 aromatic carbocycles. The first kappa shape index (κ1) is 21.5. The van der Waals surface area contributed by atoms with E-state index in [0.29, 0.717) is 4.32 Å². The van der Waals surface area contributed by atoms with Crippen LogP contribution in [-0.4, -0.2) is 57.8 Å². The van der Waals surface area contributed by atoms with Crippen LogP contribution in [0.25, 0.3) is 6.08 Å². The van der Waals surface area contributed by atoms with Gasteiger partial charge in [0.05, 0.1) is 7.11 Å². The highest BCUT2D eigenvalue weighted by atomic mass is 32.2. The third-order valence-corrected chi connectivity index (χ3v) is 5.82. The molecule has 0 spiro atoms. The molecule has 150 valence electrons. The van der Waals surface area contributed by atoms with Crippen LogP contribution in [0.15, 0.2) is 24.3 Å². The highest BCUT2D eigenvalue weighted by Crippen LogP contribution is 2.29. The fourth-order valence-corrected chi connectivity index (χ4v) is 3.99. The van der Waals surface area contributed by atoms with Crippen LogP contribution in [0.3, 0.4) is 0 Å². The molecule has 1 amide bonds. The van der Waals surface area contributed by atoms with Crippen molar-refractivity contribution in [3.63, 3.8) is 0 Å². The first-order valence-corrected chi connectivity index (χ1v) is 9.62. The van der Waals surface area contributed by atoms with Gasteiger partial charge in [0.1, 0.15) is 0 Å². The van der Waals surface area contributed by atoms with Crippen molar-refractivity contribution in [3.8, 4) is 11.5 Å². The van der Waals surface area contributed by atoms with Crippen LogP contribution in [0, 0.1) is 0 Å². The molecule has 0 unspecified atom stereocenters. The number of carbonyl (C=O) groups excluding carboxylic acids is 2. The summed E-state index contributed by atoms with van der Waals surface area (Å²) in [6, 6.07) is 4.85. The molecule has 0 aliphatic carbocycles. The molecular weight excluding hydrogens is 406 g/mol. The van der Waals surface area contributed by atoms with Crippen LogP contribution >= 0.6 is 12.2 Å². The largest absolute Gasteiger partial charge is 0.479 e. The van der Waals surface area contributed by atoms with Gasteiger partial charge in [-0.2, -0.15) is 4.86 Å². The Kier molecular flexibility index (Phi) is 7.59. The minimum atomic E-state index is -1.14. The van der Waals surface area contributed by atoms with E-state index in [9.17, 15) is 14.4 Å². The van der Waals surface area contributed by atoms with Crippen molar-refractivity contribution in [2.24, 2.45) is 0 Å². The van der Waals surface area contributed by atoms with Crippen molar-refractivity contribution in [3.05, 3.63) is 29.8 Å². The van der Waals surface area contributed by atoms with Crippen LogP contribution < -0.4 is 14.8 Å². The molecule has 0 fully saturated rings. The highest BCUT2D eigenvalue weighted by molar-refractivity contribution is 8.19. The highest BCUT2D eigenvalue weighted by Gasteiger charge is 2.10. The number of carboxylic acid groups (broad SMARTS) is 1. The Morgan fingerprint density at radius 3 is 2.57 bits per heavy atom. The molecule has 0 saturated carbocycles. The molecule has 2 N–H and O–H groups in total. The van der Waals surface area contributed by atoms with Crippen LogP contribution in [0.5, 0.6) is 11.5 Å². The lowest BCUT2D eigenvalue weighted by molar-refractivity contribution is -0.143. The number of allylic oxidation sites excluding steroid dienone is 1. The van der Waals surface area contributed by atoms with E-state index in [4.69, 9.17) is 26.8 Å². The number of ether oxygens (including phenoxy) is 3. The molecule has 28 heavy (non-hydrogen) atoms. The molecule has 1 heterocycles. The lowest BCUT2D eigenvalue weighted by atomic mass is 10.2. The molecule has 1 aromatic rings. The second-order valence-corrected chi connectivity index (χ2v) is 8.06. The zero-order chi connectivity index (χ0) is 20.7. The average molecular weight is 424 g/mol. The van der Waals surface area contributed by atoms with E-state index >= 15 is 0 Å². The maximum absolute atomic E-state index is 11.4. The van der Waals surface area contributed by atoms with Gasteiger partial charge in [0.2, 0.25) is 5.91 Å². The number of carboxylic acids is 1. The van der Waals surface area contributed by atoms with Crippen molar-refractivity contribution in [1.82, 2.24) is 5.32 Å². The van der Waals surface area contributed by atoms with E-state index in [2.05, 4.69) is 10.1 Å². The standard InChI is InChI=1S/C18H18NO7S2/c1-11(28-10-15(20)19-18(28)27)3-4-12-5-6-13(25-8-16(21)22)14(7-12)26-9-17(23)24-2/h3-7,10H,8-9H2,1-2H3,(H,21,22)(H,19,20,27)/q-1. The van der Waals surface area contributed by atoms with Gasteiger partial charge in [-0.3, -0.25) is 4.79 Å². The average Bonchev–Trinajstić information content (AvgIpc) is 3.01. The number of hydrogen-bond donors (Lipinski definition) is 2. The summed E-state index contributed by atoms with van der Waals surface area (Å²) in [5.74, 6) is -1.54. The Morgan fingerprint density at radius 2 is 1.96 bits per heavy atom. The summed E-state index contributed by atoms with van der Waals surface area (Å²) in [5.41, 5.74) is 0.717. The molecular formula is C18H18NO7S2-. The van der Waals surface area contributed by atoms with Crippen molar-refractivity contribution >= 4 is 60.8 Å². The van der Waals surface area contributed by atoms with Gasteiger partial charge in [-0.1, -0.05) is 37.4 Å². The molecule has 0 aromatic heterocycles. The second-order valence-electron chi connectivity index (χ2n) is 5.43. The maximum Gasteiger partial charge on any atom is 0.343 e. The summed E-state index contributed by atoms with van der Waals surface area (Å²) < 4.78 is 15.6. The Balaban J connectivity index is 2.27. The SMILES string of the molecule is COC(=O)COc1cc(C=CC(C)=[S-]2=CC(=O)NC2=S)ccc1OCC(=O)O. The van der Waals surface area contributed by atoms with Crippen LogP contribution in [0.4, 0.5) is 0 Å². The molecule has 1 aliphatic heterocycles. The molecule has 10 heteroatoms. The molecule has 8 nitrogen and oxygen atoms in total. The van der Waals surface area contributed by atoms with E-state index in [1.54, 1.807) is 24.3 Å². The zero-order valence-corrected chi connectivity index (χ0v) is 16.7. The molecule has 0 bridgehead atoms. The van der Waals surface area contributed by atoms with Gasteiger partial charge < -0.3 is 34.7 Å². The van der Waals surface area contributed by atoms with E-state index in [1.165, 1.54) is 12.5 Å². The number of esters is 1. The normalized spacial score (nSPS) is 16.4. The summed E-state index contributed by atoms with van der Waals surface area (Å²) in [4.78, 5) is 34.3. The minimum absolute atomic E-state index is 0.186. The fourth-order valence-electron chi connectivity index (χ4n) is 2.07. The van der Waals surface area contributed by atoms with Gasteiger partial charge in [0.25, 0.3) is 0 Å². The second kappa shape index (κ2) is 9.90. The number of nitrogens with one attached hydrogen (secondary N) is 1. The Morgan fingerprint density at radius 1 is 1.25 bits per heavy atom. The van der Waals surface area contributed by atoms with Gasteiger partial charge in [-0.25, -0.2) is 9.59 Å². The summed E-state index contributed by atoms with van der Waals surface area (Å²) in [6.07, 6.45) is 3.61. The summed E-state index contributed by atoms with van der Waals surface area (Å²) in [6.45, 7) is 0.966. The number of amides is 1. The van der Waals surface area contributed by atoms with Crippen LogP contribution in [0.2, 0.25) is 0 Å². The number of rotatable bonds is 8. The Hall–Kier alpha value is -2.85. The maximum atomic E-state index is 11.4. The van der Waals surface area contributed by atoms with Crippen molar-refractivity contribution in [2.45, 2.75) is 6.92 Å². The lowest BCUT2D eigenvalue weighted by Gasteiger charge is -2.12. The number of hydrogen-bond acceptors (Lipinski definition) is 8. The molecule has 1 aliphatic rings. The number of thiocarbonyl (C=S) groups is 1. The summed E-state index contributed by atoms with van der Waals surface area (Å²) >= 11 is 5.15. The predicted octanol–water partition coefficient (Wildman–Crippen LogP) is 0.742. The molecule has 0 saturated heterocycles. The monoisotopic (exact) mass is 424 g/mol. The first-order valence-electron chi connectivity index (χ1n) is 7.93. The quantitative estimate of drug-likeness (QED) is 0.272. The van der Waals surface area contributed by atoms with Crippen LogP contribution in [0.1, 0.15) is 12.5 Å². The predicted molar refractivity (Wildman–Crippen MR) is 111 cm³/mol. The number of methoxy groups -OCH3 is 1. The summed E-state index contributed by atoms with van der Waals surface area (Å²) in [5, 5.41) is 12.9. The van der Waals surface area contributed by atoms with E-state index < -0.39 is 28.6 Å². The molecule has 2 rings (SSSR count). The zero-order valence-electron chi connectivity index (χ0n) is 15.1. The number of carbonyl (C=O) groups is 3. The van der Waals surface area contributed by atoms with E-state index in [-0.39, 0.29) is 24.0 Å². The van der Waals surface area contributed by atoms with Gasteiger partial charge >= 0.3 is 11.9 Å². The van der Waals surface area contributed by atoms with Crippen molar-refractivity contribution < 1.29 is 33.7 Å². The van der Waals surface area contributed by atoms with Crippen molar-refractivity contribution in [2.75, 3.05) is 20.3 Å². The van der Waals surface area contributed by atoms with Gasteiger partial charge in [-0.15, -0.1) is 5.37 Å². The van der Waals surface area contributed by atoms with E-state index in [0.717, 1.165) is 10.4 Å². The molecule has 0 radical (unpaired) electrons. The third-order valence-electron chi connectivity index (χ3n) is 3.40. The minimum Gasteiger partial charge on any atom is -0.479 e. The van der Waals surface area contributed by atoms with Crippen LogP contribution in [-0.2, 0) is 29.2 Å². The number of aliphatic carboxylic acids is 1. The lowest BCUT2D eigenvalue weighted by Crippen LogP contribution is -2.21. The topological polar surface area (TPSA) is 111 Å². The van der Waals surface area contributed by atoms with Gasteiger partial charge in [0, 0.05) is 0 Å². The Labute approximate surface area is 168 Å². The first-order chi connectivity index (χ1) is 13.3. The third kappa shape index (κ3) is 6.10.